The number of hydrogen-bond donors (Lipinski definition) is 1. The number of halogens is 3. The zero-order chi connectivity index (χ0) is 22.7. The lowest BCUT2D eigenvalue weighted by Gasteiger charge is -2.38. The highest BCUT2D eigenvalue weighted by atomic mass is 32.1. The Bertz CT molecular complexity index is 1310. The lowest BCUT2D eigenvalue weighted by molar-refractivity contribution is 0.377. The van der Waals surface area contributed by atoms with Gasteiger partial charge in [0.2, 0.25) is 5.95 Å². The van der Waals surface area contributed by atoms with E-state index in [1.165, 1.54) is 5.00 Å². The first kappa shape index (κ1) is 20.5. The van der Waals surface area contributed by atoms with E-state index in [0.29, 0.717) is 29.0 Å². The van der Waals surface area contributed by atoms with Crippen molar-refractivity contribution in [2.75, 3.05) is 23.3 Å². The second kappa shape index (κ2) is 7.72. The number of anilines is 2. The van der Waals surface area contributed by atoms with Gasteiger partial charge in [0.1, 0.15) is 5.00 Å². The van der Waals surface area contributed by atoms with E-state index in [0.717, 1.165) is 43.8 Å². The predicted octanol–water partition coefficient (Wildman–Crippen LogP) is 4.91. The molecule has 2 fully saturated rings. The molecule has 4 heterocycles. The molecule has 170 valence electrons. The Morgan fingerprint density at radius 2 is 1.79 bits per heavy atom. The van der Waals surface area contributed by atoms with Crippen LogP contribution in [0.2, 0.25) is 0 Å². The van der Waals surface area contributed by atoms with Crippen molar-refractivity contribution in [3.8, 4) is 11.1 Å². The van der Waals surface area contributed by atoms with Crippen LogP contribution in [0.25, 0.3) is 16.8 Å². The molecular formula is C23H21F3N6S. The minimum absolute atomic E-state index is 0.212. The van der Waals surface area contributed by atoms with E-state index in [9.17, 15) is 13.2 Å². The highest BCUT2D eigenvalue weighted by molar-refractivity contribution is 7.10. The van der Waals surface area contributed by atoms with Crippen LogP contribution in [-0.2, 0) is 0 Å². The summed E-state index contributed by atoms with van der Waals surface area (Å²) in [5.41, 5.74) is 2.20. The summed E-state index contributed by atoms with van der Waals surface area (Å²) in [7, 11) is 0. The number of piperidine rings is 1. The predicted molar refractivity (Wildman–Crippen MR) is 121 cm³/mol. The van der Waals surface area contributed by atoms with E-state index in [4.69, 9.17) is 0 Å². The maximum absolute atomic E-state index is 13.8. The van der Waals surface area contributed by atoms with Crippen LogP contribution in [0.15, 0.2) is 36.5 Å². The van der Waals surface area contributed by atoms with Crippen molar-refractivity contribution >= 4 is 28.1 Å². The molecule has 1 aromatic carbocycles. The van der Waals surface area contributed by atoms with Crippen LogP contribution in [0.5, 0.6) is 0 Å². The summed E-state index contributed by atoms with van der Waals surface area (Å²) in [6, 6.07) is 7.78. The van der Waals surface area contributed by atoms with Crippen molar-refractivity contribution in [3.05, 3.63) is 59.7 Å². The lowest BCUT2D eigenvalue weighted by Crippen LogP contribution is -2.48. The third kappa shape index (κ3) is 3.52. The van der Waals surface area contributed by atoms with Gasteiger partial charge >= 0.3 is 0 Å². The molecule has 3 atom stereocenters. The number of benzene rings is 1. The van der Waals surface area contributed by atoms with Gasteiger partial charge in [0.15, 0.2) is 23.1 Å². The summed E-state index contributed by atoms with van der Waals surface area (Å²) in [6.45, 7) is 3.94. The number of pyridine rings is 1. The maximum atomic E-state index is 13.8. The van der Waals surface area contributed by atoms with Gasteiger partial charge in [0, 0.05) is 30.9 Å². The van der Waals surface area contributed by atoms with Crippen LogP contribution >= 0.6 is 11.5 Å². The quantitative estimate of drug-likeness (QED) is 0.430. The second-order valence-corrected chi connectivity index (χ2v) is 9.64. The number of nitrogens with zero attached hydrogens (tertiary/aromatic N) is 5. The fraction of sp³-hybridized carbons (Fsp3) is 0.348. The van der Waals surface area contributed by atoms with Gasteiger partial charge in [-0.05, 0) is 79.0 Å². The van der Waals surface area contributed by atoms with Crippen LogP contribution in [0, 0.1) is 36.2 Å². The van der Waals surface area contributed by atoms with Crippen LogP contribution in [0.4, 0.5) is 24.1 Å². The molecule has 1 N–H and O–H groups in total. The monoisotopic (exact) mass is 470 g/mol. The molecule has 3 aromatic heterocycles. The van der Waals surface area contributed by atoms with Crippen LogP contribution in [0.1, 0.15) is 18.5 Å². The number of aryl methyl sites for hydroxylation is 1. The molecule has 0 spiro atoms. The summed E-state index contributed by atoms with van der Waals surface area (Å²) in [6.07, 6.45) is 4.02. The first-order valence-electron chi connectivity index (χ1n) is 10.9. The van der Waals surface area contributed by atoms with E-state index in [1.807, 2.05) is 6.92 Å². The molecule has 1 saturated carbocycles. The van der Waals surface area contributed by atoms with Gasteiger partial charge in [0.05, 0.1) is 5.69 Å². The molecular weight excluding hydrogens is 449 g/mol. The van der Waals surface area contributed by atoms with Gasteiger partial charge in [-0.15, -0.1) is 5.10 Å². The van der Waals surface area contributed by atoms with Gasteiger partial charge in [-0.3, -0.25) is 0 Å². The Balaban J connectivity index is 1.27. The Hall–Kier alpha value is -3.14. The molecule has 10 heteroatoms. The van der Waals surface area contributed by atoms with E-state index >= 15 is 0 Å². The molecule has 2 bridgehead atoms. The maximum Gasteiger partial charge on any atom is 0.243 e. The number of rotatable bonds is 4. The van der Waals surface area contributed by atoms with Gasteiger partial charge in [-0.25, -0.2) is 17.7 Å². The average molecular weight is 471 g/mol. The smallest absolute Gasteiger partial charge is 0.243 e. The molecule has 6 nitrogen and oxygen atoms in total. The normalized spacial score (nSPS) is 22.3. The van der Waals surface area contributed by atoms with Crippen molar-refractivity contribution in [1.82, 2.24) is 19.0 Å². The second-order valence-electron chi connectivity index (χ2n) is 8.86. The van der Waals surface area contributed by atoms with Crippen molar-refractivity contribution in [2.24, 2.45) is 11.8 Å². The standard InChI is InChI=1S/C23H21F3N6S/c1-12-7-19(33-30-12)31-10-13-4-5-14(11-31)21(13)27-23-28-22-16(3-2-6-32(22)29-23)15-8-17(24)20(26)18(25)9-15/h2-3,6-9,13-14,21H,4-5,10-11H2,1H3,(H,27,29)/t13-,14+,21?. The highest BCUT2D eigenvalue weighted by Gasteiger charge is 2.43. The Labute approximate surface area is 192 Å². The van der Waals surface area contributed by atoms with E-state index < -0.39 is 17.5 Å². The van der Waals surface area contributed by atoms with E-state index in [1.54, 1.807) is 34.4 Å². The molecule has 6 rings (SSSR count). The van der Waals surface area contributed by atoms with Crippen molar-refractivity contribution < 1.29 is 13.2 Å². The third-order valence-electron chi connectivity index (χ3n) is 6.71. The fourth-order valence-electron chi connectivity index (χ4n) is 5.19. The minimum atomic E-state index is -1.48. The third-order valence-corrected chi connectivity index (χ3v) is 7.66. The fourth-order valence-corrected chi connectivity index (χ4v) is 5.97. The van der Waals surface area contributed by atoms with Gasteiger partial charge in [-0.2, -0.15) is 9.36 Å². The highest BCUT2D eigenvalue weighted by Crippen LogP contribution is 2.41. The topological polar surface area (TPSA) is 58.4 Å². The molecule has 0 radical (unpaired) electrons. The van der Waals surface area contributed by atoms with Crippen molar-refractivity contribution in [3.63, 3.8) is 0 Å². The van der Waals surface area contributed by atoms with Gasteiger partial charge in [-0.1, -0.05) is 0 Å². The Kier molecular flexibility index (Phi) is 4.79. The number of nitrogens with one attached hydrogen (secondary N) is 1. The summed E-state index contributed by atoms with van der Waals surface area (Å²) < 4.78 is 47.0. The molecule has 1 aliphatic carbocycles. The molecule has 1 saturated heterocycles. The number of aromatic nitrogens is 4. The van der Waals surface area contributed by atoms with Crippen molar-refractivity contribution in [1.29, 1.82) is 0 Å². The van der Waals surface area contributed by atoms with Crippen molar-refractivity contribution in [2.45, 2.75) is 25.8 Å². The number of hydrogen-bond acceptors (Lipinski definition) is 6. The summed E-state index contributed by atoms with van der Waals surface area (Å²) >= 11 is 1.55. The Morgan fingerprint density at radius 1 is 1.06 bits per heavy atom. The van der Waals surface area contributed by atoms with Gasteiger partial charge < -0.3 is 10.2 Å². The summed E-state index contributed by atoms with van der Waals surface area (Å²) in [5, 5.41) is 9.29. The lowest BCUT2D eigenvalue weighted by atomic mass is 9.92. The first-order valence-corrected chi connectivity index (χ1v) is 11.7. The van der Waals surface area contributed by atoms with Crippen LogP contribution in [0.3, 0.4) is 0 Å². The summed E-state index contributed by atoms with van der Waals surface area (Å²) in [5.74, 6) is -2.52. The molecule has 4 aromatic rings. The molecule has 1 unspecified atom stereocenters. The Morgan fingerprint density at radius 3 is 2.45 bits per heavy atom. The summed E-state index contributed by atoms with van der Waals surface area (Å²) in [4.78, 5) is 7.05. The van der Waals surface area contributed by atoms with E-state index in [2.05, 4.69) is 30.7 Å². The van der Waals surface area contributed by atoms with Crippen LogP contribution < -0.4 is 10.2 Å². The zero-order valence-corrected chi connectivity index (χ0v) is 18.6. The molecule has 0 amide bonds. The minimum Gasteiger partial charge on any atom is -0.361 e. The average Bonchev–Trinajstić information content (AvgIpc) is 3.47. The van der Waals surface area contributed by atoms with Crippen LogP contribution in [-0.4, -0.2) is 38.1 Å². The number of fused-ring (bicyclic) bond motifs is 3. The molecule has 2 aliphatic rings. The largest absolute Gasteiger partial charge is 0.361 e. The first-order chi connectivity index (χ1) is 16.0. The SMILES string of the molecule is Cc1cc(N2C[C@H]3CC[C@@H](C2)C3Nc2nc3c(-c4cc(F)c(F)c(F)c4)cccn3n2)sn1. The molecule has 33 heavy (non-hydrogen) atoms. The zero-order valence-electron chi connectivity index (χ0n) is 17.8. The van der Waals surface area contributed by atoms with Gasteiger partial charge in [0.25, 0.3) is 0 Å². The van der Waals surface area contributed by atoms with E-state index in [-0.39, 0.29) is 11.6 Å². The molecule has 1 aliphatic heterocycles.